The Balaban J connectivity index is 1.72. The smallest absolute Gasteiger partial charge is 0.0931 e. The second-order valence-corrected chi connectivity index (χ2v) is 7.23. The zero-order valence-electron chi connectivity index (χ0n) is 12.3. The van der Waals surface area contributed by atoms with Crippen LogP contribution in [0.3, 0.4) is 0 Å². The Labute approximate surface area is 135 Å². The Hall–Kier alpha value is -1.03. The Morgan fingerprint density at radius 3 is 2.76 bits per heavy atom. The van der Waals surface area contributed by atoms with Crippen molar-refractivity contribution >= 4 is 28.6 Å². The van der Waals surface area contributed by atoms with Crippen LogP contribution in [0.1, 0.15) is 36.9 Å². The second-order valence-electron chi connectivity index (χ2n) is 5.69. The zero-order chi connectivity index (χ0) is 14.7. The van der Waals surface area contributed by atoms with E-state index in [9.17, 15) is 0 Å². The number of nitrogens with one attached hydrogen (secondary N) is 1. The van der Waals surface area contributed by atoms with Crippen LogP contribution in [-0.2, 0) is 6.54 Å². The minimum Gasteiger partial charge on any atom is -0.378 e. The summed E-state index contributed by atoms with van der Waals surface area (Å²) >= 11 is 7.63. The lowest BCUT2D eigenvalue weighted by molar-refractivity contribution is 0.332. The van der Waals surface area contributed by atoms with Crippen molar-refractivity contribution in [2.24, 2.45) is 0 Å². The fourth-order valence-electron chi connectivity index (χ4n) is 2.85. The van der Waals surface area contributed by atoms with Gasteiger partial charge in [-0.2, -0.15) is 0 Å². The Bertz CT molecular complexity index is 590. The molecule has 1 unspecified atom stereocenters. The molecule has 2 heterocycles. The van der Waals surface area contributed by atoms with Gasteiger partial charge in [0.25, 0.3) is 0 Å². The van der Waals surface area contributed by atoms with Crippen LogP contribution < -0.4 is 5.32 Å². The molecule has 1 aliphatic rings. The van der Waals surface area contributed by atoms with Crippen molar-refractivity contribution in [3.05, 3.63) is 51.2 Å². The van der Waals surface area contributed by atoms with Gasteiger partial charge in [-0.05, 0) is 61.5 Å². The maximum atomic E-state index is 6.04. The van der Waals surface area contributed by atoms with Crippen molar-refractivity contribution in [2.45, 2.75) is 32.4 Å². The number of halogens is 1. The number of benzene rings is 1. The van der Waals surface area contributed by atoms with E-state index in [0.29, 0.717) is 0 Å². The van der Waals surface area contributed by atoms with Gasteiger partial charge >= 0.3 is 0 Å². The highest BCUT2D eigenvalue weighted by atomic mass is 35.5. The predicted octanol–water partition coefficient (Wildman–Crippen LogP) is 5.17. The maximum Gasteiger partial charge on any atom is 0.0931 e. The maximum absolute atomic E-state index is 6.04. The summed E-state index contributed by atoms with van der Waals surface area (Å²) in [6, 6.07) is 11.0. The summed E-state index contributed by atoms with van der Waals surface area (Å²) in [5.41, 5.74) is 3.87. The molecule has 0 radical (unpaired) electrons. The van der Waals surface area contributed by atoms with Gasteiger partial charge in [-0.3, -0.25) is 4.90 Å². The lowest BCUT2D eigenvalue weighted by Gasteiger charge is -2.21. The second kappa shape index (κ2) is 6.82. The number of anilines is 1. The first-order chi connectivity index (χ1) is 10.2. The molecule has 1 aromatic carbocycles. The number of nitrogens with zero attached hydrogens (tertiary/aromatic N) is 1. The molecule has 2 aromatic rings. The first kappa shape index (κ1) is 14.9. The number of likely N-dealkylation sites (tertiary alicyclic amines) is 1. The van der Waals surface area contributed by atoms with Gasteiger partial charge in [-0.15, -0.1) is 11.3 Å². The van der Waals surface area contributed by atoms with E-state index in [4.69, 9.17) is 11.6 Å². The molecule has 1 N–H and O–H groups in total. The van der Waals surface area contributed by atoms with Crippen molar-refractivity contribution < 1.29 is 0 Å². The summed E-state index contributed by atoms with van der Waals surface area (Å²) in [5, 5.41) is 5.76. The molecule has 0 amide bonds. The summed E-state index contributed by atoms with van der Waals surface area (Å²) in [6.07, 6.45) is 2.67. The first-order valence-electron chi connectivity index (χ1n) is 7.53. The topological polar surface area (TPSA) is 15.3 Å². The highest BCUT2D eigenvalue weighted by Crippen LogP contribution is 2.28. The molecule has 2 nitrogen and oxygen atoms in total. The molecule has 0 spiro atoms. The van der Waals surface area contributed by atoms with Gasteiger partial charge < -0.3 is 5.32 Å². The SMILES string of the molecule is CC(Nc1ccccc1CN1CCCC1)c1csc(Cl)c1. The van der Waals surface area contributed by atoms with E-state index in [1.165, 1.54) is 42.7 Å². The van der Waals surface area contributed by atoms with Gasteiger partial charge in [0, 0.05) is 18.3 Å². The Morgan fingerprint density at radius 1 is 1.29 bits per heavy atom. The van der Waals surface area contributed by atoms with Crippen LogP contribution in [0.2, 0.25) is 4.34 Å². The van der Waals surface area contributed by atoms with Gasteiger partial charge in [0.1, 0.15) is 0 Å². The molecular weight excluding hydrogens is 300 g/mol. The Morgan fingerprint density at radius 2 is 2.05 bits per heavy atom. The number of thiophene rings is 1. The molecule has 1 atom stereocenters. The van der Waals surface area contributed by atoms with Crippen LogP contribution in [0.5, 0.6) is 0 Å². The molecule has 1 saturated heterocycles. The summed E-state index contributed by atoms with van der Waals surface area (Å²) in [5.74, 6) is 0. The molecule has 1 aliphatic heterocycles. The molecule has 0 bridgehead atoms. The largest absolute Gasteiger partial charge is 0.378 e. The predicted molar refractivity (Wildman–Crippen MR) is 92.3 cm³/mol. The number of hydrogen-bond donors (Lipinski definition) is 1. The van der Waals surface area contributed by atoms with E-state index in [1.807, 2.05) is 6.07 Å². The van der Waals surface area contributed by atoms with Crippen molar-refractivity contribution in [1.29, 1.82) is 0 Å². The fraction of sp³-hybridized carbons (Fsp3) is 0.412. The van der Waals surface area contributed by atoms with Gasteiger partial charge in [0.2, 0.25) is 0 Å². The van der Waals surface area contributed by atoms with E-state index in [0.717, 1.165) is 10.9 Å². The minimum atomic E-state index is 0.272. The van der Waals surface area contributed by atoms with Gasteiger partial charge in [0.15, 0.2) is 0 Å². The number of rotatable bonds is 5. The molecule has 3 rings (SSSR count). The average molecular weight is 321 g/mol. The third-order valence-electron chi connectivity index (χ3n) is 4.07. The van der Waals surface area contributed by atoms with Gasteiger partial charge in [0.05, 0.1) is 4.34 Å². The average Bonchev–Trinajstić information content (AvgIpc) is 3.12. The van der Waals surface area contributed by atoms with Crippen LogP contribution in [0.4, 0.5) is 5.69 Å². The third-order valence-corrected chi connectivity index (χ3v) is 5.18. The fourth-order valence-corrected chi connectivity index (χ4v) is 3.83. The van der Waals surface area contributed by atoms with Crippen molar-refractivity contribution in [2.75, 3.05) is 18.4 Å². The van der Waals surface area contributed by atoms with Gasteiger partial charge in [-0.25, -0.2) is 0 Å². The summed E-state index contributed by atoms with van der Waals surface area (Å²) in [4.78, 5) is 2.53. The number of hydrogen-bond acceptors (Lipinski definition) is 3. The molecule has 1 aromatic heterocycles. The zero-order valence-corrected chi connectivity index (χ0v) is 13.9. The molecule has 4 heteroatoms. The quantitative estimate of drug-likeness (QED) is 0.817. The molecule has 1 fully saturated rings. The van der Waals surface area contributed by atoms with Gasteiger partial charge in [-0.1, -0.05) is 29.8 Å². The third kappa shape index (κ3) is 3.79. The van der Waals surface area contributed by atoms with E-state index in [1.54, 1.807) is 11.3 Å². The summed E-state index contributed by atoms with van der Waals surface area (Å²) in [7, 11) is 0. The molecule has 21 heavy (non-hydrogen) atoms. The van der Waals surface area contributed by atoms with E-state index in [-0.39, 0.29) is 6.04 Å². The standard InChI is InChI=1S/C17H21ClN2S/c1-13(15-10-17(18)21-12-15)19-16-7-3-2-6-14(16)11-20-8-4-5-9-20/h2-3,6-7,10,12-13,19H,4-5,8-9,11H2,1H3. The van der Waals surface area contributed by atoms with E-state index < -0.39 is 0 Å². The minimum absolute atomic E-state index is 0.272. The van der Waals surface area contributed by atoms with Crippen LogP contribution in [-0.4, -0.2) is 18.0 Å². The summed E-state index contributed by atoms with van der Waals surface area (Å²) in [6.45, 7) is 5.68. The summed E-state index contributed by atoms with van der Waals surface area (Å²) < 4.78 is 0.851. The van der Waals surface area contributed by atoms with E-state index >= 15 is 0 Å². The lowest BCUT2D eigenvalue weighted by atomic mass is 10.1. The van der Waals surface area contributed by atoms with Crippen molar-refractivity contribution in [3.63, 3.8) is 0 Å². The normalized spacial score (nSPS) is 17.0. The van der Waals surface area contributed by atoms with E-state index in [2.05, 4.69) is 46.8 Å². The Kier molecular flexibility index (Phi) is 4.84. The highest BCUT2D eigenvalue weighted by Gasteiger charge is 2.15. The molecule has 0 aliphatic carbocycles. The molecule has 0 saturated carbocycles. The van der Waals surface area contributed by atoms with Crippen LogP contribution in [0, 0.1) is 0 Å². The van der Waals surface area contributed by atoms with Crippen molar-refractivity contribution in [1.82, 2.24) is 4.90 Å². The highest BCUT2D eigenvalue weighted by molar-refractivity contribution is 7.14. The van der Waals surface area contributed by atoms with Crippen LogP contribution >= 0.6 is 22.9 Å². The molecule has 112 valence electrons. The van der Waals surface area contributed by atoms with Crippen molar-refractivity contribution in [3.8, 4) is 0 Å². The monoisotopic (exact) mass is 320 g/mol. The van der Waals surface area contributed by atoms with Crippen LogP contribution in [0.25, 0.3) is 0 Å². The van der Waals surface area contributed by atoms with Crippen LogP contribution in [0.15, 0.2) is 35.7 Å². The molecular formula is C17H21ClN2S. The number of para-hydroxylation sites is 1. The lowest BCUT2D eigenvalue weighted by Crippen LogP contribution is -2.19. The first-order valence-corrected chi connectivity index (χ1v) is 8.79.